The molecule has 5 heteroatoms. The Kier molecular flexibility index (Phi) is 5.56. The third-order valence-corrected chi connectivity index (χ3v) is 5.33. The number of rotatable bonds is 7. The molecule has 0 aliphatic rings. The van der Waals surface area contributed by atoms with Crippen LogP contribution in [0.1, 0.15) is 20.3 Å². The summed E-state index contributed by atoms with van der Waals surface area (Å²) in [5, 5.41) is 6.03. The first kappa shape index (κ1) is 15.9. The van der Waals surface area contributed by atoms with Crippen LogP contribution in [0.15, 0.2) is 54.0 Å². The molecule has 3 aromatic rings. The minimum absolute atomic E-state index is 0.0773. The van der Waals surface area contributed by atoms with Crippen LogP contribution in [0.5, 0.6) is 0 Å². The van der Waals surface area contributed by atoms with Crippen LogP contribution >= 0.6 is 22.7 Å². The van der Waals surface area contributed by atoms with E-state index >= 15 is 0 Å². The Morgan fingerprint density at radius 3 is 2.74 bits per heavy atom. The predicted octanol–water partition coefficient (Wildman–Crippen LogP) is 3.70. The third-order valence-electron chi connectivity index (χ3n) is 3.40. The van der Waals surface area contributed by atoms with Crippen molar-refractivity contribution in [2.75, 3.05) is 6.54 Å². The van der Waals surface area contributed by atoms with Crippen molar-refractivity contribution >= 4 is 28.6 Å². The number of thiazole rings is 1. The highest BCUT2D eigenvalue weighted by Crippen LogP contribution is 2.17. The number of thiophene rings is 1. The highest BCUT2D eigenvalue weighted by atomic mass is 32.1. The SMILES string of the molecule is O=C(Cc1cccs1)NCCc1ncc(Cc2ccccc2)s1. The Balaban J connectivity index is 1.43. The minimum atomic E-state index is 0.0773. The number of aromatic nitrogens is 1. The summed E-state index contributed by atoms with van der Waals surface area (Å²) in [6.45, 7) is 0.641. The van der Waals surface area contributed by atoms with Crippen LogP contribution < -0.4 is 5.32 Å². The van der Waals surface area contributed by atoms with Crippen molar-refractivity contribution in [3.8, 4) is 0 Å². The first-order chi connectivity index (χ1) is 11.3. The maximum absolute atomic E-state index is 11.8. The Morgan fingerprint density at radius 2 is 1.96 bits per heavy atom. The van der Waals surface area contributed by atoms with Gasteiger partial charge in [-0.1, -0.05) is 36.4 Å². The van der Waals surface area contributed by atoms with Gasteiger partial charge >= 0.3 is 0 Å². The molecule has 3 nitrogen and oxygen atoms in total. The molecule has 23 heavy (non-hydrogen) atoms. The average Bonchev–Trinajstić information content (AvgIpc) is 3.21. The lowest BCUT2D eigenvalue weighted by Crippen LogP contribution is -2.26. The molecule has 0 aliphatic heterocycles. The maximum Gasteiger partial charge on any atom is 0.225 e. The van der Waals surface area contributed by atoms with Crippen molar-refractivity contribution in [3.63, 3.8) is 0 Å². The van der Waals surface area contributed by atoms with Gasteiger partial charge in [0.25, 0.3) is 0 Å². The standard InChI is InChI=1S/C18H18N2OS2/c21-17(12-15-7-4-10-22-15)19-9-8-18-20-13-16(23-18)11-14-5-2-1-3-6-14/h1-7,10,13H,8-9,11-12H2,(H,19,21). The summed E-state index contributed by atoms with van der Waals surface area (Å²) in [7, 11) is 0. The molecule has 0 saturated heterocycles. The number of hydrogen-bond acceptors (Lipinski definition) is 4. The molecule has 0 fully saturated rings. The zero-order valence-corrected chi connectivity index (χ0v) is 14.3. The lowest BCUT2D eigenvalue weighted by Gasteiger charge is -2.02. The molecule has 0 bridgehead atoms. The van der Waals surface area contributed by atoms with E-state index in [-0.39, 0.29) is 5.91 Å². The Hall–Kier alpha value is -1.98. The fourth-order valence-corrected chi connectivity index (χ4v) is 3.95. The zero-order valence-electron chi connectivity index (χ0n) is 12.7. The number of nitrogens with one attached hydrogen (secondary N) is 1. The van der Waals surface area contributed by atoms with Gasteiger partial charge in [-0.15, -0.1) is 22.7 Å². The van der Waals surface area contributed by atoms with Gasteiger partial charge in [-0.3, -0.25) is 4.79 Å². The van der Waals surface area contributed by atoms with Gasteiger partial charge in [-0.05, 0) is 17.0 Å². The van der Waals surface area contributed by atoms with Crippen LogP contribution in [0.25, 0.3) is 0 Å². The van der Waals surface area contributed by atoms with E-state index in [9.17, 15) is 4.79 Å². The fourth-order valence-electron chi connectivity index (χ4n) is 2.29. The summed E-state index contributed by atoms with van der Waals surface area (Å²) < 4.78 is 0. The van der Waals surface area contributed by atoms with Gasteiger partial charge < -0.3 is 5.32 Å². The lowest BCUT2D eigenvalue weighted by atomic mass is 10.1. The Bertz CT molecular complexity index is 735. The first-order valence-electron chi connectivity index (χ1n) is 7.56. The summed E-state index contributed by atoms with van der Waals surface area (Å²) in [5.41, 5.74) is 1.30. The molecule has 0 saturated carbocycles. The van der Waals surface area contributed by atoms with Crippen molar-refractivity contribution in [1.82, 2.24) is 10.3 Å². The second kappa shape index (κ2) is 8.04. The van der Waals surface area contributed by atoms with Crippen molar-refractivity contribution in [3.05, 3.63) is 74.4 Å². The van der Waals surface area contributed by atoms with Crippen LogP contribution in [0.2, 0.25) is 0 Å². The van der Waals surface area contributed by atoms with Crippen molar-refractivity contribution < 1.29 is 4.79 Å². The highest BCUT2D eigenvalue weighted by molar-refractivity contribution is 7.11. The minimum Gasteiger partial charge on any atom is -0.355 e. The van der Waals surface area contributed by atoms with E-state index < -0.39 is 0 Å². The second-order valence-corrected chi connectivity index (χ2v) is 7.47. The molecule has 118 valence electrons. The molecule has 2 aromatic heterocycles. The van der Waals surface area contributed by atoms with Crippen molar-refractivity contribution in [2.24, 2.45) is 0 Å². The van der Waals surface area contributed by atoms with E-state index in [1.165, 1.54) is 10.4 Å². The highest BCUT2D eigenvalue weighted by Gasteiger charge is 2.06. The van der Waals surface area contributed by atoms with Gasteiger partial charge in [0.2, 0.25) is 5.91 Å². The molecule has 1 N–H and O–H groups in total. The third kappa shape index (κ3) is 5.01. The van der Waals surface area contributed by atoms with Crippen molar-refractivity contribution in [1.29, 1.82) is 0 Å². The van der Waals surface area contributed by atoms with Crippen LogP contribution in [0, 0.1) is 0 Å². The average molecular weight is 342 g/mol. The summed E-state index contributed by atoms with van der Waals surface area (Å²) in [4.78, 5) is 18.6. The molecule has 0 unspecified atom stereocenters. The molecule has 0 aliphatic carbocycles. The summed E-state index contributed by atoms with van der Waals surface area (Å²) in [6, 6.07) is 14.4. The van der Waals surface area contributed by atoms with Crippen molar-refractivity contribution in [2.45, 2.75) is 19.3 Å². The van der Waals surface area contributed by atoms with Gasteiger partial charge in [0.05, 0.1) is 11.4 Å². The number of benzene rings is 1. The van der Waals surface area contributed by atoms with E-state index in [1.807, 2.05) is 29.8 Å². The van der Waals surface area contributed by atoms with Gasteiger partial charge in [0, 0.05) is 35.3 Å². The number of nitrogens with zero attached hydrogens (tertiary/aromatic N) is 1. The van der Waals surface area contributed by atoms with E-state index in [0.29, 0.717) is 13.0 Å². The van der Waals surface area contributed by atoms with Gasteiger partial charge in [0.15, 0.2) is 0 Å². The molecular weight excluding hydrogens is 324 g/mol. The monoisotopic (exact) mass is 342 g/mol. The number of carbonyl (C=O) groups excluding carboxylic acids is 1. The van der Waals surface area contributed by atoms with Gasteiger partial charge in [0.1, 0.15) is 0 Å². The fraction of sp³-hybridized carbons (Fsp3) is 0.222. The topological polar surface area (TPSA) is 42.0 Å². The molecule has 1 amide bonds. The second-order valence-electron chi connectivity index (χ2n) is 5.24. The number of amides is 1. The molecule has 0 radical (unpaired) electrons. The maximum atomic E-state index is 11.8. The van der Waals surface area contributed by atoms with E-state index in [4.69, 9.17) is 0 Å². The molecular formula is C18H18N2OS2. The smallest absolute Gasteiger partial charge is 0.225 e. The number of carbonyl (C=O) groups is 1. The molecule has 0 spiro atoms. The van der Waals surface area contributed by atoms with Crippen LogP contribution in [-0.2, 0) is 24.1 Å². The predicted molar refractivity (Wildman–Crippen MR) is 96.1 cm³/mol. The summed E-state index contributed by atoms with van der Waals surface area (Å²) in [5.74, 6) is 0.0773. The lowest BCUT2D eigenvalue weighted by molar-refractivity contribution is -0.120. The van der Waals surface area contributed by atoms with E-state index in [2.05, 4.69) is 34.6 Å². The van der Waals surface area contributed by atoms with Gasteiger partial charge in [-0.25, -0.2) is 4.98 Å². The molecule has 3 rings (SSSR count). The summed E-state index contributed by atoms with van der Waals surface area (Å²) >= 11 is 3.34. The molecule has 2 heterocycles. The first-order valence-corrected chi connectivity index (χ1v) is 9.26. The Morgan fingerprint density at radius 1 is 1.09 bits per heavy atom. The zero-order chi connectivity index (χ0) is 15.9. The summed E-state index contributed by atoms with van der Waals surface area (Å²) in [6.07, 6.45) is 4.12. The van der Waals surface area contributed by atoms with Crippen LogP contribution in [0.4, 0.5) is 0 Å². The number of hydrogen-bond donors (Lipinski definition) is 1. The quantitative estimate of drug-likeness (QED) is 0.711. The van der Waals surface area contributed by atoms with Crippen LogP contribution in [-0.4, -0.2) is 17.4 Å². The largest absolute Gasteiger partial charge is 0.355 e. The Labute approximate surface area is 144 Å². The normalized spacial score (nSPS) is 10.6. The van der Waals surface area contributed by atoms with E-state index in [0.717, 1.165) is 22.7 Å². The van der Waals surface area contributed by atoms with Gasteiger partial charge in [-0.2, -0.15) is 0 Å². The molecule has 0 atom stereocenters. The van der Waals surface area contributed by atoms with E-state index in [1.54, 1.807) is 22.7 Å². The van der Waals surface area contributed by atoms with Crippen LogP contribution in [0.3, 0.4) is 0 Å². The molecule has 1 aromatic carbocycles.